The molecule has 0 saturated carbocycles. The SMILES string of the molecule is N#Cc1cccc(Nc2cc(F)c(F)cc2F)n1. The Bertz CT molecular complexity index is 635. The van der Waals surface area contributed by atoms with Crippen molar-refractivity contribution >= 4 is 11.5 Å². The molecule has 0 aliphatic rings. The van der Waals surface area contributed by atoms with Crippen molar-refractivity contribution in [1.82, 2.24) is 4.98 Å². The molecule has 0 aliphatic heterocycles. The Balaban J connectivity index is 2.34. The molecule has 90 valence electrons. The van der Waals surface area contributed by atoms with E-state index < -0.39 is 17.5 Å². The number of anilines is 2. The fraction of sp³-hybridized carbons (Fsp3) is 0. The molecule has 1 heterocycles. The van der Waals surface area contributed by atoms with Crippen LogP contribution in [0.3, 0.4) is 0 Å². The van der Waals surface area contributed by atoms with E-state index in [1.54, 1.807) is 0 Å². The average molecular weight is 249 g/mol. The zero-order chi connectivity index (χ0) is 13.1. The fourth-order valence-electron chi connectivity index (χ4n) is 1.32. The van der Waals surface area contributed by atoms with Crippen molar-refractivity contribution in [3.05, 3.63) is 53.5 Å². The van der Waals surface area contributed by atoms with Gasteiger partial charge in [0.15, 0.2) is 11.6 Å². The first kappa shape index (κ1) is 11.9. The van der Waals surface area contributed by atoms with Gasteiger partial charge in [-0.15, -0.1) is 0 Å². The van der Waals surface area contributed by atoms with Crippen molar-refractivity contribution < 1.29 is 13.2 Å². The van der Waals surface area contributed by atoms with Crippen LogP contribution in [0.15, 0.2) is 30.3 Å². The highest BCUT2D eigenvalue weighted by Gasteiger charge is 2.10. The van der Waals surface area contributed by atoms with Crippen LogP contribution in [0.4, 0.5) is 24.7 Å². The van der Waals surface area contributed by atoms with Crippen LogP contribution in [0, 0.1) is 28.8 Å². The molecule has 6 heteroatoms. The third kappa shape index (κ3) is 2.40. The summed E-state index contributed by atoms with van der Waals surface area (Å²) in [6.45, 7) is 0. The van der Waals surface area contributed by atoms with E-state index in [4.69, 9.17) is 5.26 Å². The van der Waals surface area contributed by atoms with Gasteiger partial charge < -0.3 is 5.32 Å². The summed E-state index contributed by atoms with van der Waals surface area (Å²) in [5.74, 6) is -3.22. The molecular weight excluding hydrogens is 243 g/mol. The van der Waals surface area contributed by atoms with Gasteiger partial charge in [-0.2, -0.15) is 5.26 Å². The molecule has 0 unspecified atom stereocenters. The first-order chi connectivity index (χ1) is 8.60. The number of rotatable bonds is 2. The van der Waals surface area contributed by atoms with Gasteiger partial charge in [0.25, 0.3) is 0 Å². The third-order valence-electron chi connectivity index (χ3n) is 2.14. The standard InChI is InChI=1S/C12H6F3N3/c13-8-4-10(15)11(5-9(8)14)18-12-3-1-2-7(6-16)17-12/h1-5H,(H,17,18). The molecule has 0 bridgehead atoms. The van der Waals surface area contributed by atoms with Gasteiger partial charge in [0, 0.05) is 12.1 Å². The predicted molar refractivity (Wildman–Crippen MR) is 58.6 cm³/mol. The lowest BCUT2D eigenvalue weighted by molar-refractivity contribution is 0.496. The highest BCUT2D eigenvalue weighted by Crippen LogP contribution is 2.21. The summed E-state index contributed by atoms with van der Waals surface area (Å²) in [5, 5.41) is 11.1. The minimum Gasteiger partial charge on any atom is -0.338 e. The van der Waals surface area contributed by atoms with E-state index in [1.165, 1.54) is 18.2 Å². The highest BCUT2D eigenvalue weighted by molar-refractivity contribution is 5.57. The van der Waals surface area contributed by atoms with Crippen molar-refractivity contribution in [2.24, 2.45) is 0 Å². The van der Waals surface area contributed by atoms with Gasteiger partial charge in [-0.1, -0.05) is 6.07 Å². The van der Waals surface area contributed by atoms with E-state index in [0.29, 0.717) is 12.1 Å². The maximum absolute atomic E-state index is 13.3. The van der Waals surface area contributed by atoms with E-state index in [-0.39, 0.29) is 17.2 Å². The molecule has 0 atom stereocenters. The van der Waals surface area contributed by atoms with Crippen LogP contribution in [0.25, 0.3) is 0 Å². The van der Waals surface area contributed by atoms with Crippen LogP contribution < -0.4 is 5.32 Å². The number of nitrogens with one attached hydrogen (secondary N) is 1. The van der Waals surface area contributed by atoms with Crippen molar-refractivity contribution in [3.8, 4) is 6.07 Å². The van der Waals surface area contributed by atoms with E-state index in [1.807, 2.05) is 6.07 Å². The molecule has 1 aromatic heterocycles. The summed E-state index contributed by atoms with van der Waals surface area (Å²) in [6, 6.07) is 7.40. The zero-order valence-electron chi connectivity index (χ0n) is 8.92. The molecule has 18 heavy (non-hydrogen) atoms. The van der Waals surface area contributed by atoms with Crippen molar-refractivity contribution in [2.75, 3.05) is 5.32 Å². The van der Waals surface area contributed by atoms with E-state index in [0.717, 1.165) is 0 Å². The van der Waals surface area contributed by atoms with Crippen LogP contribution >= 0.6 is 0 Å². The molecule has 0 fully saturated rings. The topological polar surface area (TPSA) is 48.7 Å². The molecular formula is C12H6F3N3. The smallest absolute Gasteiger partial charge is 0.161 e. The molecule has 0 spiro atoms. The molecule has 0 amide bonds. The van der Waals surface area contributed by atoms with Gasteiger partial charge in [0.1, 0.15) is 23.4 Å². The minimum atomic E-state index is -1.27. The summed E-state index contributed by atoms with van der Waals surface area (Å²) in [6.07, 6.45) is 0. The second-order valence-electron chi connectivity index (χ2n) is 3.39. The molecule has 3 nitrogen and oxygen atoms in total. The van der Waals surface area contributed by atoms with Gasteiger partial charge in [-0.3, -0.25) is 0 Å². The molecule has 0 saturated heterocycles. The Labute approximate surface area is 101 Å². The van der Waals surface area contributed by atoms with Gasteiger partial charge in [-0.25, -0.2) is 18.2 Å². The number of nitrogens with zero attached hydrogens (tertiary/aromatic N) is 2. The summed E-state index contributed by atoms with van der Waals surface area (Å²) < 4.78 is 39.0. The average Bonchev–Trinajstić information content (AvgIpc) is 2.36. The van der Waals surface area contributed by atoms with Crippen LogP contribution in [-0.4, -0.2) is 4.98 Å². The van der Waals surface area contributed by atoms with Gasteiger partial charge >= 0.3 is 0 Å². The Morgan fingerprint density at radius 2 is 1.78 bits per heavy atom. The number of halogens is 3. The van der Waals surface area contributed by atoms with Crippen LogP contribution in [-0.2, 0) is 0 Å². The summed E-state index contributed by atoms with van der Waals surface area (Å²) in [5.41, 5.74) is -0.125. The maximum atomic E-state index is 13.3. The zero-order valence-corrected chi connectivity index (χ0v) is 8.92. The normalized spacial score (nSPS) is 9.89. The molecule has 1 N–H and O–H groups in total. The number of benzene rings is 1. The van der Waals surface area contributed by atoms with E-state index in [2.05, 4.69) is 10.3 Å². The number of nitriles is 1. The molecule has 1 aromatic carbocycles. The lowest BCUT2D eigenvalue weighted by Gasteiger charge is -2.07. The third-order valence-corrected chi connectivity index (χ3v) is 2.14. The number of hydrogen-bond donors (Lipinski definition) is 1. The molecule has 0 aliphatic carbocycles. The second kappa shape index (κ2) is 4.75. The van der Waals surface area contributed by atoms with E-state index in [9.17, 15) is 13.2 Å². The number of hydrogen-bond acceptors (Lipinski definition) is 3. The van der Waals surface area contributed by atoms with Crippen LogP contribution in [0.5, 0.6) is 0 Å². The summed E-state index contributed by atoms with van der Waals surface area (Å²) in [4.78, 5) is 3.82. The molecule has 0 radical (unpaired) electrons. The number of aromatic nitrogens is 1. The molecule has 2 aromatic rings. The summed E-state index contributed by atoms with van der Waals surface area (Å²) >= 11 is 0. The van der Waals surface area contributed by atoms with Crippen LogP contribution in [0.1, 0.15) is 5.69 Å². The molecule has 2 rings (SSSR count). The largest absolute Gasteiger partial charge is 0.338 e. The first-order valence-electron chi connectivity index (χ1n) is 4.89. The monoisotopic (exact) mass is 249 g/mol. The van der Waals surface area contributed by atoms with Crippen LogP contribution in [0.2, 0.25) is 0 Å². The maximum Gasteiger partial charge on any atom is 0.161 e. The fourth-order valence-corrected chi connectivity index (χ4v) is 1.32. The second-order valence-corrected chi connectivity index (χ2v) is 3.39. The predicted octanol–water partition coefficient (Wildman–Crippen LogP) is 3.11. The quantitative estimate of drug-likeness (QED) is 0.832. The van der Waals surface area contributed by atoms with E-state index >= 15 is 0 Å². The van der Waals surface area contributed by atoms with Crippen molar-refractivity contribution in [1.29, 1.82) is 5.26 Å². The Hall–Kier alpha value is -2.55. The van der Waals surface area contributed by atoms with Crippen molar-refractivity contribution in [3.63, 3.8) is 0 Å². The Morgan fingerprint density at radius 1 is 1.06 bits per heavy atom. The number of pyridine rings is 1. The first-order valence-corrected chi connectivity index (χ1v) is 4.89. The highest BCUT2D eigenvalue weighted by atomic mass is 19.2. The minimum absolute atomic E-state index is 0.128. The van der Waals surface area contributed by atoms with Gasteiger partial charge in [0.2, 0.25) is 0 Å². The Kier molecular flexibility index (Phi) is 3.15. The lowest BCUT2D eigenvalue weighted by atomic mass is 10.2. The Morgan fingerprint density at radius 3 is 2.50 bits per heavy atom. The van der Waals surface area contributed by atoms with Gasteiger partial charge in [-0.05, 0) is 12.1 Å². The van der Waals surface area contributed by atoms with Crippen molar-refractivity contribution in [2.45, 2.75) is 0 Å². The van der Waals surface area contributed by atoms with Gasteiger partial charge in [0.05, 0.1) is 5.69 Å². The summed E-state index contributed by atoms with van der Waals surface area (Å²) in [7, 11) is 0. The lowest BCUT2D eigenvalue weighted by Crippen LogP contribution is -1.99.